The minimum Gasteiger partial charge on any atom is -0.480 e. The van der Waals surface area contributed by atoms with Gasteiger partial charge in [0.05, 0.1) is 16.6 Å². The third kappa shape index (κ3) is 2.73. The number of Topliss-reactive ketones (excluding diaryl/α,β-unsaturated/α-hetero) is 1. The predicted molar refractivity (Wildman–Crippen MR) is 96.2 cm³/mol. The highest BCUT2D eigenvalue weighted by Gasteiger charge is 2.22. The molecule has 3 rings (SSSR count). The Kier molecular flexibility index (Phi) is 4.29. The number of rotatable bonds is 4. The van der Waals surface area contributed by atoms with Crippen LogP contribution in [0.1, 0.15) is 30.2 Å². The lowest BCUT2D eigenvalue weighted by molar-refractivity contribution is -0.140. The van der Waals surface area contributed by atoms with Crippen LogP contribution in [0.15, 0.2) is 58.1 Å². The van der Waals surface area contributed by atoms with Crippen LogP contribution in [0, 0.1) is 0 Å². The van der Waals surface area contributed by atoms with Gasteiger partial charge in [0.1, 0.15) is 6.04 Å². The van der Waals surface area contributed by atoms with E-state index in [0.29, 0.717) is 5.56 Å². The van der Waals surface area contributed by atoms with Crippen LogP contribution in [0.2, 0.25) is 0 Å². The second-order valence-corrected chi connectivity index (χ2v) is 5.93. The summed E-state index contributed by atoms with van der Waals surface area (Å²) >= 11 is 0. The normalized spacial score (nSPS) is 12.1. The largest absolute Gasteiger partial charge is 0.480 e. The molecule has 0 aliphatic heterocycles. The van der Waals surface area contributed by atoms with Crippen molar-refractivity contribution in [2.75, 3.05) is 0 Å². The summed E-state index contributed by atoms with van der Waals surface area (Å²) in [5.41, 5.74) is -0.327. The molecule has 0 saturated heterocycles. The Bertz CT molecular complexity index is 1140. The summed E-state index contributed by atoms with van der Waals surface area (Å²) in [5, 5.41) is 9.60. The van der Waals surface area contributed by atoms with Crippen LogP contribution < -0.4 is 11.2 Å². The first-order valence-corrected chi connectivity index (χ1v) is 7.93. The maximum absolute atomic E-state index is 13.0. The number of hydrogen-bond acceptors (Lipinski definition) is 4. The molecule has 0 saturated carbocycles. The summed E-state index contributed by atoms with van der Waals surface area (Å²) in [6, 6.07) is 11.2. The van der Waals surface area contributed by atoms with Crippen molar-refractivity contribution in [3.8, 4) is 5.69 Å². The molecule has 1 unspecified atom stereocenters. The van der Waals surface area contributed by atoms with Gasteiger partial charge in [-0.3, -0.25) is 14.2 Å². The van der Waals surface area contributed by atoms with Crippen molar-refractivity contribution in [1.82, 2.24) is 9.13 Å². The average Bonchev–Trinajstić information content (AvgIpc) is 2.62. The molecule has 132 valence electrons. The quantitative estimate of drug-likeness (QED) is 0.724. The van der Waals surface area contributed by atoms with Crippen LogP contribution >= 0.6 is 0 Å². The van der Waals surface area contributed by atoms with Crippen molar-refractivity contribution in [2.45, 2.75) is 19.9 Å². The number of benzene rings is 2. The average molecular weight is 352 g/mol. The van der Waals surface area contributed by atoms with E-state index in [1.54, 1.807) is 24.3 Å². The molecule has 3 aromatic rings. The number of aliphatic carboxylic acids is 1. The maximum Gasteiger partial charge on any atom is 0.336 e. The van der Waals surface area contributed by atoms with Gasteiger partial charge in [-0.25, -0.2) is 14.2 Å². The van der Waals surface area contributed by atoms with Gasteiger partial charge in [0.25, 0.3) is 5.56 Å². The Hall–Kier alpha value is -3.48. The molecule has 0 bridgehead atoms. The van der Waals surface area contributed by atoms with E-state index in [0.717, 1.165) is 9.13 Å². The lowest BCUT2D eigenvalue weighted by Gasteiger charge is -2.17. The van der Waals surface area contributed by atoms with Gasteiger partial charge in [-0.2, -0.15) is 0 Å². The fraction of sp³-hybridized carbons (Fsp3) is 0.158. The highest BCUT2D eigenvalue weighted by atomic mass is 16.4. The van der Waals surface area contributed by atoms with E-state index in [4.69, 9.17) is 0 Å². The van der Waals surface area contributed by atoms with Gasteiger partial charge in [-0.05, 0) is 50.2 Å². The smallest absolute Gasteiger partial charge is 0.336 e. The van der Waals surface area contributed by atoms with Crippen molar-refractivity contribution < 1.29 is 14.7 Å². The standard InChI is InChI=1S/C19H16N2O5/c1-11(18(24)25)20-16-6-4-3-5-15(16)17(23)21(19(20)26)14-9-7-13(8-10-14)12(2)22/h3-11H,1-2H3,(H,24,25). The van der Waals surface area contributed by atoms with Crippen molar-refractivity contribution >= 4 is 22.7 Å². The fourth-order valence-corrected chi connectivity index (χ4v) is 2.84. The highest BCUT2D eigenvalue weighted by molar-refractivity contribution is 5.94. The Morgan fingerprint density at radius 3 is 2.19 bits per heavy atom. The number of ketones is 1. The summed E-state index contributed by atoms with van der Waals surface area (Å²) < 4.78 is 2.00. The number of carboxylic acids is 1. The monoisotopic (exact) mass is 352 g/mol. The summed E-state index contributed by atoms with van der Waals surface area (Å²) in [6.45, 7) is 2.79. The van der Waals surface area contributed by atoms with E-state index >= 15 is 0 Å². The van der Waals surface area contributed by atoms with Gasteiger partial charge < -0.3 is 5.11 Å². The number of carbonyl (C=O) groups excluding carboxylic acids is 1. The molecular formula is C19H16N2O5. The molecule has 1 aromatic heterocycles. The van der Waals surface area contributed by atoms with Gasteiger partial charge in [0.15, 0.2) is 5.78 Å². The SMILES string of the molecule is CC(=O)c1ccc(-n2c(=O)c3ccccc3n(C(C)C(=O)O)c2=O)cc1. The molecule has 0 aliphatic rings. The first-order valence-electron chi connectivity index (χ1n) is 7.93. The fourth-order valence-electron chi connectivity index (χ4n) is 2.84. The second kappa shape index (κ2) is 6.44. The second-order valence-electron chi connectivity index (χ2n) is 5.93. The Morgan fingerprint density at radius 1 is 1.00 bits per heavy atom. The number of aromatic nitrogens is 2. The molecule has 0 aliphatic carbocycles. The zero-order valence-electron chi connectivity index (χ0n) is 14.2. The first-order chi connectivity index (χ1) is 12.3. The molecule has 1 atom stereocenters. The first kappa shape index (κ1) is 17.3. The predicted octanol–water partition coefficient (Wildman–Crippen LogP) is 2.00. The minimum atomic E-state index is -1.19. The van der Waals surface area contributed by atoms with Crippen LogP contribution in [-0.2, 0) is 4.79 Å². The molecule has 26 heavy (non-hydrogen) atoms. The number of para-hydroxylation sites is 1. The third-order valence-electron chi connectivity index (χ3n) is 4.27. The van der Waals surface area contributed by atoms with E-state index in [2.05, 4.69) is 0 Å². The van der Waals surface area contributed by atoms with E-state index < -0.39 is 23.3 Å². The molecule has 1 N–H and O–H groups in total. The number of hydrogen-bond donors (Lipinski definition) is 1. The lowest BCUT2D eigenvalue weighted by Crippen LogP contribution is -2.41. The molecule has 1 heterocycles. The van der Waals surface area contributed by atoms with Gasteiger partial charge >= 0.3 is 11.7 Å². The lowest BCUT2D eigenvalue weighted by atomic mass is 10.1. The topological polar surface area (TPSA) is 98.4 Å². The molecule has 7 heteroatoms. The Balaban J connectivity index is 2.39. The van der Waals surface area contributed by atoms with Crippen LogP contribution in [0.4, 0.5) is 0 Å². The summed E-state index contributed by atoms with van der Waals surface area (Å²) in [6.07, 6.45) is 0. The van der Waals surface area contributed by atoms with Crippen molar-refractivity contribution in [2.24, 2.45) is 0 Å². The van der Waals surface area contributed by atoms with Crippen molar-refractivity contribution in [3.63, 3.8) is 0 Å². The van der Waals surface area contributed by atoms with Gasteiger partial charge in [-0.15, -0.1) is 0 Å². The number of nitrogens with zero attached hydrogens (tertiary/aromatic N) is 2. The maximum atomic E-state index is 13.0. The van der Waals surface area contributed by atoms with E-state index in [-0.39, 0.29) is 22.4 Å². The van der Waals surface area contributed by atoms with E-state index in [9.17, 15) is 24.3 Å². The Morgan fingerprint density at radius 2 is 1.62 bits per heavy atom. The van der Waals surface area contributed by atoms with Crippen LogP contribution in [0.5, 0.6) is 0 Å². The summed E-state index contributed by atoms with van der Waals surface area (Å²) in [5.74, 6) is -1.33. The Labute approximate surface area is 147 Å². The third-order valence-corrected chi connectivity index (χ3v) is 4.27. The van der Waals surface area contributed by atoms with Crippen molar-refractivity contribution in [3.05, 3.63) is 74.9 Å². The summed E-state index contributed by atoms with van der Waals surface area (Å²) in [4.78, 5) is 48.7. The zero-order valence-corrected chi connectivity index (χ0v) is 14.2. The van der Waals surface area contributed by atoms with Gasteiger partial charge in [-0.1, -0.05) is 12.1 Å². The van der Waals surface area contributed by atoms with E-state index in [1.165, 1.54) is 38.1 Å². The molecule has 0 radical (unpaired) electrons. The highest BCUT2D eigenvalue weighted by Crippen LogP contribution is 2.15. The molecule has 2 aromatic carbocycles. The molecular weight excluding hydrogens is 336 g/mol. The molecule has 0 spiro atoms. The minimum absolute atomic E-state index is 0.140. The van der Waals surface area contributed by atoms with Crippen LogP contribution in [0.25, 0.3) is 16.6 Å². The van der Waals surface area contributed by atoms with Gasteiger partial charge in [0, 0.05) is 5.56 Å². The van der Waals surface area contributed by atoms with E-state index in [1.807, 2.05) is 0 Å². The van der Waals surface area contributed by atoms with Crippen LogP contribution in [0.3, 0.4) is 0 Å². The number of fused-ring (bicyclic) bond motifs is 1. The molecule has 0 amide bonds. The van der Waals surface area contributed by atoms with Crippen molar-refractivity contribution in [1.29, 1.82) is 0 Å². The molecule has 0 fully saturated rings. The summed E-state index contributed by atoms with van der Waals surface area (Å²) in [7, 11) is 0. The van der Waals surface area contributed by atoms with Crippen LogP contribution in [-0.4, -0.2) is 26.0 Å². The number of carbonyl (C=O) groups is 2. The zero-order chi connectivity index (χ0) is 19.0. The van der Waals surface area contributed by atoms with Gasteiger partial charge in [0.2, 0.25) is 0 Å². The number of carboxylic acid groups (broad SMARTS) is 1. The molecule has 7 nitrogen and oxygen atoms in total.